The summed E-state index contributed by atoms with van der Waals surface area (Å²) in [4.78, 5) is 22.1. The Balaban J connectivity index is 2.60. The number of nitrogens with zero attached hydrogens (tertiary/aromatic N) is 1. The minimum absolute atomic E-state index is 0.421. The third-order valence-corrected chi connectivity index (χ3v) is 1.72. The lowest BCUT2D eigenvalue weighted by Crippen LogP contribution is -2.25. The summed E-state index contributed by atoms with van der Waals surface area (Å²) in [5, 5.41) is 4.43. The number of allylic oxidation sites excluding steroid dienone is 4. The van der Waals surface area contributed by atoms with Gasteiger partial charge in [0.05, 0.1) is 0 Å². The Kier molecular flexibility index (Phi) is 1.36. The monoisotopic (exact) mass is 165 g/mol. The molecule has 12 heavy (non-hydrogen) atoms. The highest BCUT2D eigenvalue weighted by Gasteiger charge is 2.08. The topological polar surface area (TPSA) is 70.7 Å². The summed E-state index contributed by atoms with van der Waals surface area (Å²) in [5.74, 6) is 0. The predicted octanol–water partition coefficient (Wildman–Crippen LogP) is -0.335. The van der Waals surface area contributed by atoms with Crippen molar-refractivity contribution in [1.82, 2.24) is 14.8 Å². The smallest absolute Gasteiger partial charge is 0.247 e. The van der Waals surface area contributed by atoms with Crippen molar-refractivity contribution in [3.05, 3.63) is 39.2 Å². The summed E-state index contributed by atoms with van der Waals surface area (Å²) < 4.78 is 1.08. The van der Waals surface area contributed by atoms with Crippen molar-refractivity contribution in [2.45, 2.75) is 6.42 Å². The molecule has 0 saturated heterocycles. The molecular formula is C7H7N3O2. The third-order valence-electron chi connectivity index (χ3n) is 1.72. The van der Waals surface area contributed by atoms with Crippen molar-refractivity contribution >= 4 is 5.70 Å². The van der Waals surface area contributed by atoms with Crippen LogP contribution in [0.2, 0.25) is 0 Å². The van der Waals surface area contributed by atoms with Crippen LogP contribution in [0.5, 0.6) is 0 Å². The van der Waals surface area contributed by atoms with E-state index in [9.17, 15) is 9.59 Å². The largest absolute Gasteiger partial charge is 0.348 e. The maximum absolute atomic E-state index is 11.0. The molecule has 0 aromatic carbocycles. The fraction of sp³-hybridized carbons (Fsp3) is 0.143. The van der Waals surface area contributed by atoms with Gasteiger partial charge >= 0.3 is 11.4 Å². The summed E-state index contributed by atoms with van der Waals surface area (Å²) in [7, 11) is 0. The molecule has 2 N–H and O–H groups in total. The molecule has 5 nitrogen and oxygen atoms in total. The van der Waals surface area contributed by atoms with Crippen LogP contribution in [0.1, 0.15) is 6.42 Å². The predicted molar refractivity (Wildman–Crippen MR) is 43.7 cm³/mol. The van der Waals surface area contributed by atoms with Crippen LogP contribution in [0.25, 0.3) is 5.70 Å². The Bertz CT molecular complexity index is 430. The maximum Gasteiger partial charge on any atom is 0.348 e. The van der Waals surface area contributed by atoms with Crippen LogP contribution in [-0.4, -0.2) is 14.8 Å². The molecule has 0 amide bonds. The molecule has 1 aromatic heterocycles. The van der Waals surface area contributed by atoms with Gasteiger partial charge < -0.3 is 0 Å². The van der Waals surface area contributed by atoms with E-state index in [4.69, 9.17) is 0 Å². The number of hydrogen-bond donors (Lipinski definition) is 2. The molecule has 5 heteroatoms. The second kappa shape index (κ2) is 2.37. The zero-order valence-electron chi connectivity index (χ0n) is 6.20. The van der Waals surface area contributed by atoms with Crippen LogP contribution in [0.15, 0.2) is 27.8 Å². The van der Waals surface area contributed by atoms with Crippen LogP contribution in [0.3, 0.4) is 0 Å². The Labute approximate surface area is 67.0 Å². The zero-order chi connectivity index (χ0) is 8.55. The third kappa shape index (κ3) is 0.868. The quantitative estimate of drug-likeness (QED) is 0.598. The number of nitrogens with one attached hydrogen (secondary N) is 2. The number of rotatable bonds is 1. The number of aromatic nitrogens is 3. The van der Waals surface area contributed by atoms with Crippen molar-refractivity contribution in [3.8, 4) is 0 Å². The van der Waals surface area contributed by atoms with Crippen LogP contribution in [0.4, 0.5) is 0 Å². The van der Waals surface area contributed by atoms with Crippen molar-refractivity contribution in [2.75, 3.05) is 0 Å². The number of H-pyrrole nitrogens is 2. The van der Waals surface area contributed by atoms with Gasteiger partial charge in [-0.25, -0.2) is 24.4 Å². The van der Waals surface area contributed by atoms with Crippen LogP contribution < -0.4 is 11.4 Å². The van der Waals surface area contributed by atoms with Gasteiger partial charge in [0.25, 0.3) is 0 Å². The molecular weight excluding hydrogens is 158 g/mol. The molecule has 2 rings (SSSR count). The summed E-state index contributed by atoms with van der Waals surface area (Å²) in [6.45, 7) is 0. The van der Waals surface area contributed by atoms with Crippen molar-refractivity contribution in [1.29, 1.82) is 0 Å². The standard InChI is InChI=1S/C7H7N3O2/c11-6-8-9-7(12)10(6)5-3-1-2-4-5/h1-3H,4H2,(H,8,11)(H,9,12). The fourth-order valence-electron chi connectivity index (χ4n) is 1.17. The van der Waals surface area contributed by atoms with Gasteiger partial charge in [0.15, 0.2) is 0 Å². The summed E-state index contributed by atoms with van der Waals surface area (Å²) >= 11 is 0. The second-order valence-electron chi connectivity index (χ2n) is 2.49. The number of aromatic amines is 2. The van der Waals surface area contributed by atoms with E-state index >= 15 is 0 Å². The Morgan fingerprint density at radius 3 is 2.42 bits per heavy atom. The Morgan fingerprint density at radius 1 is 1.25 bits per heavy atom. The maximum atomic E-state index is 11.0. The van der Waals surface area contributed by atoms with Gasteiger partial charge in [0.1, 0.15) is 0 Å². The molecule has 0 bridgehead atoms. The average Bonchev–Trinajstić information content (AvgIpc) is 2.61. The highest BCUT2D eigenvalue weighted by atomic mass is 16.2. The molecule has 0 atom stereocenters. The highest BCUT2D eigenvalue weighted by Crippen LogP contribution is 2.11. The number of hydrogen-bond acceptors (Lipinski definition) is 2. The van der Waals surface area contributed by atoms with E-state index in [2.05, 4.69) is 10.2 Å². The molecule has 0 fully saturated rings. The minimum atomic E-state index is -0.421. The molecule has 1 heterocycles. The summed E-state index contributed by atoms with van der Waals surface area (Å²) in [6.07, 6.45) is 6.06. The SMILES string of the molecule is O=c1[nH][nH]c(=O)n1C1=CC=CC1. The molecule has 0 spiro atoms. The first-order valence-electron chi connectivity index (χ1n) is 3.55. The van der Waals surface area contributed by atoms with Gasteiger partial charge in [-0.05, 0) is 6.08 Å². The van der Waals surface area contributed by atoms with Gasteiger partial charge in [-0.2, -0.15) is 0 Å². The molecule has 1 aliphatic rings. The first-order chi connectivity index (χ1) is 5.79. The van der Waals surface area contributed by atoms with Gasteiger partial charge in [-0.3, -0.25) is 0 Å². The molecule has 0 unspecified atom stereocenters. The highest BCUT2D eigenvalue weighted by molar-refractivity contribution is 5.53. The Morgan fingerprint density at radius 2 is 1.92 bits per heavy atom. The van der Waals surface area contributed by atoms with Gasteiger partial charge in [0.2, 0.25) is 0 Å². The lowest BCUT2D eigenvalue weighted by molar-refractivity contribution is 0.952. The van der Waals surface area contributed by atoms with E-state index in [1.807, 2.05) is 12.2 Å². The van der Waals surface area contributed by atoms with Gasteiger partial charge in [0, 0.05) is 12.1 Å². The van der Waals surface area contributed by atoms with Crippen LogP contribution in [-0.2, 0) is 0 Å². The van der Waals surface area contributed by atoms with E-state index in [0.29, 0.717) is 12.1 Å². The van der Waals surface area contributed by atoms with E-state index in [-0.39, 0.29) is 0 Å². The molecule has 1 aromatic rings. The lowest BCUT2D eigenvalue weighted by atomic mass is 10.4. The van der Waals surface area contributed by atoms with E-state index in [1.54, 1.807) is 6.08 Å². The van der Waals surface area contributed by atoms with E-state index in [0.717, 1.165) is 4.57 Å². The summed E-state index contributed by atoms with van der Waals surface area (Å²) in [5.41, 5.74) is -0.146. The molecule has 1 aliphatic carbocycles. The van der Waals surface area contributed by atoms with E-state index < -0.39 is 11.4 Å². The van der Waals surface area contributed by atoms with E-state index in [1.165, 1.54) is 0 Å². The first-order valence-corrected chi connectivity index (χ1v) is 3.55. The first kappa shape index (κ1) is 6.90. The summed E-state index contributed by atoms with van der Waals surface area (Å²) in [6, 6.07) is 0. The Hall–Kier alpha value is -1.78. The molecule has 0 aliphatic heterocycles. The fourth-order valence-corrected chi connectivity index (χ4v) is 1.17. The normalized spacial score (nSPS) is 15.2. The van der Waals surface area contributed by atoms with Crippen LogP contribution >= 0.6 is 0 Å². The van der Waals surface area contributed by atoms with Gasteiger partial charge in [-0.1, -0.05) is 12.2 Å². The lowest BCUT2D eigenvalue weighted by Gasteiger charge is -1.96. The zero-order valence-corrected chi connectivity index (χ0v) is 6.20. The molecule has 0 radical (unpaired) electrons. The second-order valence-corrected chi connectivity index (χ2v) is 2.49. The van der Waals surface area contributed by atoms with Crippen molar-refractivity contribution in [2.24, 2.45) is 0 Å². The minimum Gasteiger partial charge on any atom is -0.247 e. The van der Waals surface area contributed by atoms with Crippen molar-refractivity contribution in [3.63, 3.8) is 0 Å². The average molecular weight is 165 g/mol. The van der Waals surface area contributed by atoms with Crippen LogP contribution in [0, 0.1) is 0 Å². The molecule has 0 saturated carbocycles. The molecule has 62 valence electrons. The van der Waals surface area contributed by atoms with Gasteiger partial charge in [-0.15, -0.1) is 0 Å². The van der Waals surface area contributed by atoms with Crippen molar-refractivity contribution < 1.29 is 0 Å².